The number of benzene rings is 3. The van der Waals surface area contributed by atoms with Gasteiger partial charge in [-0.15, -0.1) is 12.5 Å². The summed E-state index contributed by atoms with van der Waals surface area (Å²) in [6, 6.07) is 24.6. The van der Waals surface area contributed by atoms with E-state index in [0.29, 0.717) is 19.6 Å². The maximum atomic E-state index is 7.04. The highest BCUT2D eigenvalue weighted by atomic mass is 28.4. The van der Waals surface area contributed by atoms with Gasteiger partial charge in [0.2, 0.25) is 0 Å². The maximum absolute atomic E-state index is 7.04. The van der Waals surface area contributed by atoms with Crippen molar-refractivity contribution >= 4 is 8.32 Å². The molecule has 0 saturated carbocycles. The molecule has 5 heteroatoms. The van der Waals surface area contributed by atoms with Crippen LogP contribution in [0.15, 0.2) is 85.5 Å². The molecule has 248 valence electrons. The Bertz CT molecular complexity index is 1380. The summed E-state index contributed by atoms with van der Waals surface area (Å²) < 4.78 is 25.2. The molecule has 0 saturated heterocycles. The average molecular weight is 641 g/mol. The monoisotopic (exact) mass is 640 g/mol. The van der Waals surface area contributed by atoms with Crippen LogP contribution in [0.3, 0.4) is 0 Å². The van der Waals surface area contributed by atoms with Gasteiger partial charge in [0.25, 0.3) is 0 Å². The first-order valence-electron chi connectivity index (χ1n) is 16.9. The van der Waals surface area contributed by atoms with Crippen LogP contribution in [0, 0.1) is 11.8 Å². The van der Waals surface area contributed by atoms with E-state index in [1.807, 2.05) is 42.5 Å². The zero-order valence-electron chi connectivity index (χ0n) is 29.4. The number of methoxy groups -OCH3 is 1. The Labute approximate surface area is 280 Å². The third-order valence-corrected chi connectivity index (χ3v) is 13.3. The van der Waals surface area contributed by atoms with E-state index >= 15 is 0 Å². The predicted octanol–water partition coefficient (Wildman–Crippen LogP) is 11.0. The molecule has 0 spiro atoms. The van der Waals surface area contributed by atoms with Crippen LogP contribution in [0.4, 0.5) is 0 Å². The second-order valence-corrected chi connectivity index (χ2v) is 18.2. The molecule has 0 aliphatic carbocycles. The van der Waals surface area contributed by atoms with E-state index in [2.05, 4.69) is 95.6 Å². The highest BCUT2D eigenvalue weighted by molar-refractivity contribution is 6.74. The summed E-state index contributed by atoms with van der Waals surface area (Å²) in [6.45, 7) is 18.8. The molecule has 0 N–H and O–H groups in total. The van der Waals surface area contributed by atoms with Crippen LogP contribution in [-0.4, -0.2) is 21.5 Å². The molecule has 46 heavy (non-hydrogen) atoms. The van der Waals surface area contributed by atoms with Crippen LogP contribution >= 0.6 is 0 Å². The van der Waals surface area contributed by atoms with Crippen LogP contribution in [0.1, 0.15) is 94.6 Å². The van der Waals surface area contributed by atoms with Gasteiger partial charge in [-0.05, 0) is 72.3 Å². The minimum Gasteiger partial charge on any atom is -0.497 e. The molecule has 0 heterocycles. The minimum absolute atomic E-state index is 0.0453. The van der Waals surface area contributed by atoms with Gasteiger partial charge in [-0.25, -0.2) is 0 Å². The third kappa shape index (κ3) is 11.8. The van der Waals surface area contributed by atoms with E-state index < -0.39 is 8.32 Å². The van der Waals surface area contributed by atoms with Gasteiger partial charge in [0.1, 0.15) is 24.2 Å². The van der Waals surface area contributed by atoms with Crippen molar-refractivity contribution in [2.45, 2.75) is 116 Å². The lowest BCUT2D eigenvalue weighted by Gasteiger charge is -2.38. The predicted molar refractivity (Wildman–Crippen MR) is 195 cm³/mol. The highest BCUT2D eigenvalue weighted by Crippen LogP contribution is 2.41. The lowest BCUT2D eigenvalue weighted by Crippen LogP contribution is -2.41. The fourth-order valence-electron chi connectivity index (χ4n) is 4.97. The molecular weight excluding hydrogens is 585 g/mol. The molecule has 0 radical (unpaired) electrons. The van der Waals surface area contributed by atoms with Crippen molar-refractivity contribution in [3.63, 3.8) is 0 Å². The van der Waals surface area contributed by atoms with E-state index in [1.54, 1.807) is 7.11 Å². The van der Waals surface area contributed by atoms with Crippen molar-refractivity contribution in [2.75, 3.05) is 7.11 Å². The fraction of sp³-hybridized carbons (Fsp3) is 0.463. The summed E-state index contributed by atoms with van der Waals surface area (Å²) in [5.41, 5.74) is 4.42. The van der Waals surface area contributed by atoms with Crippen molar-refractivity contribution in [1.29, 1.82) is 0 Å². The molecule has 0 unspecified atom stereocenters. The molecule has 4 nitrogen and oxygen atoms in total. The number of hydrogen-bond acceptors (Lipinski definition) is 4. The number of ether oxygens (including phenoxy) is 3. The Balaban J connectivity index is 1.85. The Morgan fingerprint density at radius 3 is 2.24 bits per heavy atom. The van der Waals surface area contributed by atoms with Crippen molar-refractivity contribution in [3.05, 3.63) is 108 Å². The molecule has 0 bridgehead atoms. The number of hydrogen-bond donors (Lipinski definition) is 0. The first kappa shape index (κ1) is 37.2. The molecule has 0 aromatic heterocycles. The third-order valence-electron chi connectivity index (χ3n) is 8.85. The van der Waals surface area contributed by atoms with Crippen molar-refractivity contribution < 1.29 is 18.6 Å². The number of allylic oxidation sites excluding steroid dienone is 1. The van der Waals surface area contributed by atoms with Gasteiger partial charge < -0.3 is 18.6 Å². The fourth-order valence-corrected chi connectivity index (χ4v) is 6.10. The van der Waals surface area contributed by atoms with Gasteiger partial charge in [-0.3, -0.25) is 0 Å². The minimum atomic E-state index is -2.15. The van der Waals surface area contributed by atoms with Gasteiger partial charge in [0, 0.05) is 12.0 Å². The van der Waals surface area contributed by atoms with Gasteiger partial charge in [-0.2, -0.15) is 0 Å². The smallest absolute Gasteiger partial charge is 0.194 e. The lowest BCUT2D eigenvalue weighted by molar-refractivity contribution is 0.0288. The normalized spacial score (nSPS) is 12.9. The van der Waals surface area contributed by atoms with Crippen molar-refractivity contribution in [2.24, 2.45) is 0 Å². The molecular formula is C41H56O4Si. The van der Waals surface area contributed by atoms with E-state index in [4.69, 9.17) is 18.6 Å². The Morgan fingerprint density at radius 2 is 1.59 bits per heavy atom. The summed E-state index contributed by atoms with van der Waals surface area (Å²) in [4.78, 5) is 0. The van der Waals surface area contributed by atoms with Crippen LogP contribution in [0.2, 0.25) is 18.1 Å². The molecule has 2 atom stereocenters. The zero-order valence-corrected chi connectivity index (χ0v) is 30.4. The number of unbranched alkanes of at least 4 members (excludes halogenated alkanes) is 2. The SMILES string of the molecule is C=CCc1c(OCc2ccc(OC)cc2)cccc1[C@H](C#CCC[C@H](CCCCC)OCc1ccccc1)O[Si](C)(C)C(C)(C)C. The van der Waals surface area contributed by atoms with Crippen molar-refractivity contribution in [1.82, 2.24) is 0 Å². The molecule has 0 aliphatic heterocycles. The summed E-state index contributed by atoms with van der Waals surface area (Å²) in [5.74, 6) is 8.77. The number of rotatable bonds is 18. The van der Waals surface area contributed by atoms with E-state index in [9.17, 15) is 0 Å². The average Bonchev–Trinajstić information content (AvgIpc) is 3.04. The van der Waals surface area contributed by atoms with Gasteiger partial charge in [0.05, 0.1) is 19.8 Å². The highest BCUT2D eigenvalue weighted by Gasteiger charge is 2.39. The summed E-state index contributed by atoms with van der Waals surface area (Å²) in [6.07, 6.45) is 8.75. The molecule has 0 aliphatic rings. The lowest BCUT2D eigenvalue weighted by atomic mass is 9.98. The maximum Gasteiger partial charge on any atom is 0.194 e. The Hall–Kier alpha value is -3.30. The quantitative estimate of drug-likeness (QED) is 0.0600. The first-order valence-corrected chi connectivity index (χ1v) is 19.8. The van der Waals surface area contributed by atoms with Gasteiger partial charge >= 0.3 is 0 Å². The largest absolute Gasteiger partial charge is 0.497 e. The standard InChI is InChI=1S/C41H56O4Si/c1-9-11-13-22-36(43-31-33-20-14-12-15-21-33)23-16-17-25-40(45-46(7,8)41(3,4)5)38-24-18-26-39(37(38)19-10-2)44-32-34-27-29-35(42-6)30-28-34/h10,12,14-15,18,20-21,24,26-30,36,40H,2,9,11,13,16,19,22-23,31-32H2,1,3-8H3/t36-,40-/m0/s1. The van der Waals surface area contributed by atoms with E-state index in [0.717, 1.165) is 47.5 Å². The summed E-state index contributed by atoms with van der Waals surface area (Å²) in [7, 11) is -0.478. The van der Waals surface area contributed by atoms with Gasteiger partial charge in [0.15, 0.2) is 8.32 Å². The Morgan fingerprint density at radius 1 is 0.870 bits per heavy atom. The second kappa shape index (κ2) is 18.7. The van der Waals surface area contributed by atoms with E-state index in [-0.39, 0.29) is 17.2 Å². The summed E-state index contributed by atoms with van der Waals surface area (Å²) in [5, 5.41) is 0.0453. The second-order valence-electron chi connectivity index (χ2n) is 13.5. The van der Waals surface area contributed by atoms with Crippen molar-refractivity contribution in [3.8, 4) is 23.3 Å². The first-order chi connectivity index (χ1) is 22.1. The van der Waals surface area contributed by atoms with E-state index in [1.165, 1.54) is 24.8 Å². The molecule has 0 fully saturated rings. The topological polar surface area (TPSA) is 36.9 Å². The Kier molecular flexibility index (Phi) is 15.1. The molecule has 3 rings (SSSR count). The zero-order chi connectivity index (χ0) is 33.4. The van der Waals surface area contributed by atoms with Crippen LogP contribution in [0.5, 0.6) is 11.5 Å². The van der Waals surface area contributed by atoms with Crippen LogP contribution in [-0.2, 0) is 28.8 Å². The summed E-state index contributed by atoms with van der Waals surface area (Å²) >= 11 is 0. The van der Waals surface area contributed by atoms with Gasteiger partial charge in [-0.1, -0.05) is 114 Å². The van der Waals surface area contributed by atoms with Crippen LogP contribution in [0.25, 0.3) is 0 Å². The molecule has 3 aromatic carbocycles. The molecule has 3 aromatic rings. The van der Waals surface area contributed by atoms with Crippen LogP contribution < -0.4 is 9.47 Å². The molecule has 0 amide bonds.